The molecule has 0 bridgehead atoms. The molecule has 0 amide bonds. The van der Waals surface area contributed by atoms with E-state index in [9.17, 15) is 0 Å². The zero-order chi connectivity index (χ0) is 14.8. The van der Waals surface area contributed by atoms with Crippen molar-refractivity contribution in [3.05, 3.63) is 53.1 Å². The number of nitrogens with zero attached hydrogens (tertiary/aromatic N) is 2. The van der Waals surface area contributed by atoms with Gasteiger partial charge in [-0.3, -0.25) is 0 Å². The molecule has 1 atom stereocenters. The number of benzene rings is 1. The first-order valence-electron chi connectivity index (χ1n) is 7.30. The van der Waals surface area contributed by atoms with E-state index in [0.29, 0.717) is 0 Å². The van der Waals surface area contributed by atoms with E-state index in [0.717, 1.165) is 25.2 Å². The van der Waals surface area contributed by atoms with Gasteiger partial charge in [-0.1, -0.05) is 30.7 Å². The summed E-state index contributed by atoms with van der Waals surface area (Å²) in [6, 6.07) is 6.48. The molecule has 20 heavy (non-hydrogen) atoms. The lowest BCUT2D eigenvalue weighted by Gasteiger charge is -2.27. The fourth-order valence-corrected chi connectivity index (χ4v) is 2.73. The molecular weight excluding hydrogens is 246 g/mol. The van der Waals surface area contributed by atoms with Gasteiger partial charge >= 0.3 is 0 Å². The Labute approximate surface area is 121 Å². The second-order valence-corrected chi connectivity index (χ2v) is 5.95. The molecule has 0 radical (unpaired) electrons. The zero-order valence-electron chi connectivity index (χ0n) is 13.0. The molecule has 3 heteroatoms. The molecule has 0 saturated carbocycles. The summed E-state index contributed by atoms with van der Waals surface area (Å²) in [6.07, 6.45) is 5.76. The van der Waals surface area contributed by atoms with Gasteiger partial charge in [-0.05, 0) is 38.3 Å². The van der Waals surface area contributed by atoms with Gasteiger partial charge in [0.1, 0.15) is 5.82 Å². The monoisotopic (exact) mass is 271 g/mol. The maximum atomic E-state index is 6.61. The molecule has 0 aliphatic rings. The van der Waals surface area contributed by atoms with Crippen molar-refractivity contribution in [3.8, 4) is 0 Å². The zero-order valence-corrected chi connectivity index (χ0v) is 13.0. The SMILES string of the molecule is CCCn1ccnc1CC(C)(N)c1cc(C)ccc1C. The van der Waals surface area contributed by atoms with Crippen molar-refractivity contribution < 1.29 is 0 Å². The molecule has 1 heterocycles. The van der Waals surface area contributed by atoms with Crippen LogP contribution in [0, 0.1) is 13.8 Å². The minimum Gasteiger partial charge on any atom is -0.335 e. The number of aryl methyl sites for hydroxylation is 3. The van der Waals surface area contributed by atoms with E-state index in [4.69, 9.17) is 5.73 Å². The smallest absolute Gasteiger partial charge is 0.110 e. The van der Waals surface area contributed by atoms with Crippen LogP contribution in [0.2, 0.25) is 0 Å². The van der Waals surface area contributed by atoms with Crippen molar-refractivity contribution >= 4 is 0 Å². The molecule has 0 spiro atoms. The van der Waals surface area contributed by atoms with E-state index >= 15 is 0 Å². The van der Waals surface area contributed by atoms with Crippen LogP contribution in [-0.4, -0.2) is 9.55 Å². The highest BCUT2D eigenvalue weighted by Gasteiger charge is 2.25. The molecule has 1 aromatic carbocycles. The quantitative estimate of drug-likeness (QED) is 0.906. The number of aromatic nitrogens is 2. The maximum Gasteiger partial charge on any atom is 0.110 e. The van der Waals surface area contributed by atoms with Crippen LogP contribution in [0.1, 0.15) is 42.8 Å². The third-order valence-electron chi connectivity index (χ3n) is 3.80. The van der Waals surface area contributed by atoms with E-state index < -0.39 is 5.54 Å². The molecule has 0 saturated heterocycles. The molecule has 2 rings (SSSR count). The van der Waals surface area contributed by atoms with E-state index in [1.165, 1.54) is 16.7 Å². The summed E-state index contributed by atoms with van der Waals surface area (Å²) < 4.78 is 2.20. The summed E-state index contributed by atoms with van der Waals surface area (Å²) >= 11 is 0. The van der Waals surface area contributed by atoms with Crippen LogP contribution in [0.15, 0.2) is 30.6 Å². The standard InChI is InChI=1S/C17H25N3/c1-5-9-20-10-8-19-16(20)12-17(4,18)15-11-13(2)6-7-14(15)3/h6-8,10-11H,5,9,12,18H2,1-4H3. The third-order valence-corrected chi connectivity index (χ3v) is 3.80. The van der Waals surface area contributed by atoms with Gasteiger partial charge in [0.15, 0.2) is 0 Å². The van der Waals surface area contributed by atoms with Crippen LogP contribution in [0.25, 0.3) is 0 Å². The summed E-state index contributed by atoms with van der Waals surface area (Å²) in [6.45, 7) is 9.50. The molecule has 0 aliphatic heterocycles. The van der Waals surface area contributed by atoms with Crippen LogP contribution in [-0.2, 0) is 18.5 Å². The molecule has 1 unspecified atom stereocenters. The van der Waals surface area contributed by atoms with Crippen molar-refractivity contribution in [3.63, 3.8) is 0 Å². The van der Waals surface area contributed by atoms with Gasteiger partial charge in [0.05, 0.1) is 0 Å². The van der Waals surface area contributed by atoms with Crippen molar-refractivity contribution in [1.82, 2.24) is 9.55 Å². The third kappa shape index (κ3) is 3.10. The number of hydrogen-bond donors (Lipinski definition) is 1. The Morgan fingerprint density at radius 3 is 2.75 bits per heavy atom. The summed E-state index contributed by atoms with van der Waals surface area (Å²) in [7, 11) is 0. The van der Waals surface area contributed by atoms with E-state index in [-0.39, 0.29) is 0 Å². The van der Waals surface area contributed by atoms with Gasteiger partial charge in [0.2, 0.25) is 0 Å². The first-order chi connectivity index (χ1) is 9.44. The largest absolute Gasteiger partial charge is 0.335 e. The van der Waals surface area contributed by atoms with E-state index in [1.54, 1.807) is 0 Å². The topological polar surface area (TPSA) is 43.8 Å². The average molecular weight is 271 g/mol. The Balaban J connectivity index is 2.30. The van der Waals surface area contributed by atoms with Gasteiger partial charge in [-0.2, -0.15) is 0 Å². The minimum absolute atomic E-state index is 0.396. The Kier molecular flexibility index (Phi) is 4.29. The fraction of sp³-hybridized carbons (Fsp3) is 0.471. The molecular formula is C17H25N3. The number of rotatable bonds is 5. The van der Waals surface area contributed by atoms with Gasteiger partial charge in [0.25, 0.3) is 0 Å². The lowest BCUT2D eigenvalue weighted by molar-refractivity contribution is 0.459. The fourth-order valence-electron chi connectivity index (χ4n) is 2.73. The summed E-state index contributed by atoms with van der Waals surface area (Å²) in [5.74, 6) is 1.07. The van der Waals surface area contributed by atoms with Gasteiger partial charge < -0.3 is 10.3 Å². The molecule has 2 aromatic rings. The van der Waals surface area contributed by atoms with Crippen LogP contribution in [0.3, 0.4) is 0 Å². The highest BCUT2D eigenvalue weighted by atomic mass is 15.1. The Morgan fingerprint density at radius 2 is 2.05 bits per heavy atom. The molecule has 108 valence electrons. The molecule has 0 fully saturated rings. The Bertz CT molecular complexity index is 582. The van der Waals surface area contributed by atoms with Crippen molar-refractivity contribution in [2.75, 3.05) is 0 Å². The summed E-state index contributed by atoms with van der Waals surface area (Å²) in [5.41, 5.74) is 9.92. The lowest BCUT2D eigenvalue weighted by atomic mass is 9.85. The van der Waals surface area contributed by atoms with Crippen LogP contribution in [0.5, 0.6) is 0 Å². The van der Waals surface area contributed by atoms with Gasteiger partial charge in [0, 0.05) is 30.9 Å². The van der Waals surface area contributed by atoms with Crippen LogP contribution in [0.4, 0.5) is 0 Å². The van der Waals surface area contributed by atoms with Crippen molar-refractivity contribution in [2.45, 2.75) is 52.6 Å². The number of hydrogen-bond acceptors (Lipinski definition) is 2. The van der Waals surface area contributed by atoms with Crippen molar-refractivity contribution in [1.29, 1.82) is 0 Å². The van der Waals surface area contributed by atoms with Crippen LogP contribution >= 0.6 is 0 Å². The molecule has 2 N–H and O–H groups in total. The van der Waals surface area contributed by atoms with E-state index in [2.05, 4.69) is 55.4 Å². The Hall–Kier alpha value is -1.61. The molecule has 0 aliphatic carbocycles. The lowest BCUT2D eigenvalue weighted by Crippen LogP contribution is -2.37. The summed E-state index contributed by atoms with van der Waals surface area (Å²) in [4.78, 5) is 4.48. The minimum atomic E-state index is -0.396. The average Bonchev–Trinajstić information content (AvgIpc) is 2.79. The highest BCUT2D eigenvalue weighted by molar-refractivity contribution is 5.36. The van der Waals surface area contributed by atoms with Gasteiger partial charge in [-0.15, -0.1) is 0 Å². The normalized spacial score (nSPS) is 14.2. The van der Waals surface area contributed by atoms with Crippen LogP contribution < -0.4 is 5.73 Å². The Morgan fingerprint density at radius 1 is 1.30 bits per heavy atom. The molecule has 3 nitrogen and oxygen atoms in total. The first-order valence-corrected chi connectivity index (χ1v) is 7.30. The molecule has 1 aromatic heterocycles. The second-order valence-electron chi connectivity index (χ2n) is 5.95. The highest BCUT2D eigenvalue weighted by Crippen LogP contribution is 2.26. The first kappa shape index (κ1) is 14.8. The summed E-state index contributed by atoms with van der Waals surface area (Å²) in [5, 5.41) is 0. The maximum absolute atomic E-state index is 6.61. The predicted octanol–water partition coefficient (Wildman–Crippen LogP) is 3.33. The number of nitrogens with two attached hydrogens (primary N) is 1. The van der Waals surface area contributed by atoms with E-state index in [1.807, 2.05) is 12.4 Å². The second kappa shape index (κ2) is 5.80. The number of imidazole rings is 1. The predicted molar refractivity (Wildman–Crippen MR) is 83.7 cm³/mol. The van der Waals surface area contributed by atoms with Gasteiger partial charge in [-0.25, -0.2) is 4.98 Å². The van der Waals surface area contributed by atoms with Crippen molar-refractivity contribution in [2.24, 2.45) is 5.73 Å².